The van der Waals surface area contributed by atoms with Crippen LogP contribution in [-0.2, 0) is 9.53 Å². The first-order valence-corrected chi connectivity index (χ1v) is 12.3. The highest BCUT2D eigenvalue weighted by atomic mass is 16.6. The molecule has 0 N–H and O–H groups in total. The second-order valence-corrected chi connectivity index (χ2v) is 11.6. The topological polar surface area (TPSA) is 39.2 Å². The Morgan fingerprint density at radius 1 is 1.07 bits per heavy atom. The van der Waals surface area contributed by atoms with Gasteiger partial charge in [-0.25, -0.2) is 0 Å². The van der Waals surface area contributed by atoms with Crippen LogP contribution in [0.1, 0.15) is 83.6 Å². The molecule has 2 heterocycles. The standard InChI is InChI=1S/C27H35NO2/c1-25-13-14-27(12-10-24(29)30-27)16-19(25)5-6-20-22-8-7-21(18-4-3-15-28-17-18)26(22,2)11-9-23(20)25/h3-4,7,15,17,19-20,22-23H,5-6,8-14,16H2,1-2H3/t19?,20?,22?,23?,25-,26+,27?/m0/s1. The van der Waals surface area contributed by atoms with Crippen molar-refractivity contribution in [2.45, 2.75) is 83.7 Å². The smallest absolute Gasteiger partial charge is 0.306 e. The molecule has 160 valence electrons. The van der Waals surface area contributed by atoms with Crippen LogP contribution in [0.2, 0.25) is 0 Å². The fourth-order valence-electron chi connectivity index (χ4n) is 8.84. The molecule has 4 fully saturated rings. The number of allylic oxidation sites excluding steroid dienone is 2. The maximum Gasteiger partial charge on any atom is 0.306 e. The van der Waals surface area contributed by atoms with Crippen molar-refractivity contribution in [3.05, 3.63) is 36.2 Å². The number of fused-ring (bicyclic) bond motifs is 5. The van der Waals surface area contributed by atoms with Crippen molar-refractivity contribution in [1.29, 1.82) is 0 Å². The zero-order valence-corrected chi connectivity index (χ0v) is 18.5. The highest BCUT2D eigenvalue weighted by Crippen LogP contribution is 2.68. The highest BCUT2D eigenvalue weighted by Gasteiger charge is 2.61. The second kappa shape index (κ2) is 6.43. The number of rotatable bonds is 1. The van der Waals surface area contributed by atoms with Crippen LogP contribution >= 0.6 is 0 Å². The summed E-state index contributed by atoms with van der Waals surface area (Å²) in [5.41, 5.74) is 3.53. The average molecular weight is 406 g/mol. The van der Waals surface area contributed by atoms with Crippen LogP contribution in [0.15, 0.2) is 30.6 Å². The predicted octanol–water partition coefficient (Wildman–Crippen LogP) is 6.19. The zero-order valence-electron chi connectivity index (χ0n) is 18.5. The molecule has 0 radical (unpaired) electrons. The summed E-state index contributed by atoms with van der Waals surface area (Å²) < 4.78 is 5.92. The molecule has 3 heteroatoms. The summed E-state index contributed by atoms with van der Waals surface area (Å²) in [5, 5.41) is 0. The summed E-state index contributed by atoms with van der Waals surface area (Å²) in [6.07, 6.45) is 18.2. The van der Waals surface area contributed by atoms with Gasteiger partial charge in [-0.2, -0.15) is 0 Å². The lowest BCUT2D eigenvalue weighted by molar-refractivity contribution is -0.168. The van der Waals surface area contributed by atoms with Gasteiger partial charge in [-0.05, 0) is 109 Å². The van der Waals surface area contributed by atoms with Gasteiger partial charge >= 0.3 is 5.97 Å². The first-order valence-electron chi connectivity index (χ1n) is 12.3. The molecular formula is C27H35NO2. The molecule has 1 saturated heterocycles. The number of carbonyl (C=O) groups is 1. The third kappa shape index (κ3) is 2.56. The summed E-state index contributed by atoms with van der Waals surface area (Å²) in [6, 6.07) is 4.33. The fourth-order valence-corrected chi connectivity index (χ4v) is 8.84. The minimum absolute atomic E-state index is 0.0423. The predicted molar refractivity (Wildman–Crippen MR) is 117 cm³/mol. The number of pyridine rings is 1. The number of nitrogens with zero attached hydrogens (tertiary/aromatic N) is 1. The van der Waals surface area contributed by atoms with E-state index in [1.807, 2.05) is 6.20 Å². The molecule has 3 saturated carbocycles. The van der Waals surface area contributed by atoms with E-state index < -0.39 is 0 Å². The van der Waals surface area contributed by atoms with Gasteiger partial charge in [0.2, 0.25) is 0 Å². The summed E-state index contributed by atoms with van der Waals surface area (Å²) in [5.74, 6) is 3.24. The van der Waals surface area contributed by atoms with Gasteiger partial charge in [0.1, 0.15) is 5.60 Å². The van der Waals surface area contributed by atoms with Crippen molar-refractivity contribution in [1.82, 2.24) is 4.98 Å². The summed E-state index contributed by atoms with van der Waals surface area (Å²) in [4.78, 5) is 16.3. The van der Waals surface area contributed by atoms with E-state index in [0.717, 1.165) is 42.9 Å². The second-order valence-electron chi connectivity index (χ2n) is 11.6. The van der Waals surface area contributed by atoms with Crippen molar-refractivity contribution in [3.8, 4) is 0 Å². The molecule has 1 aromatic rings. The minimum atomic E-state index is -0.111. The van der Waals surface area contributed by atoms with Crippen molar-refractivity contribution < 1.29 is 9.53 Å². The average Bonchev–Trinajstić information content (AvgIpc) is 3.29. The number of esters is 1. The molecule has 5 aliphatic rings. The molecule has 0 bridgehead atoms. The molecule has 1 spiro atoms. The van der Waals surface area contributed by atoms with Crippen LogP contribution < -0.4 is 0 Å². The van der Waals surface area contributed by atoms with Crippen LogP contribution in [-0.4, -0.2) is 16.6 Å². The van der Waals surface area contributed by atoms with Gasteiger partial charge in [0.15, 0.2) is 0 Å². The Bertz CT molecular complexity index is 893. The SMILES string of the molecule is C[C@]12CCC3(CCC(=O)O3)CC1CCC1C2CC[C@]2(C)C(c3cccnc3)=CCC12. The quantitative estimate of drug-likeness (QED) is 0.523. The molecule has 3 nitrogen and oxygen atoms in total. The molecule has 0 amide bonds. The Kier molecular flexibility index (Phi) is 4.09. The van der Waals surface area contributed by atoms with E-state index in [-0.39, 0.29) is 11.6 Å². The van der Waals surface area contributed by atoms with Crippen LogP contribution in [0, 0.1) is 34.5 Å². The summed E-state index contributed by atoms with van der Waals surface area (Å²) in [7, 11) is 0. The highest BCUT2D eigenvalue weighted by molar-refractivity contribution is 5.73. The Hall–Kier alpha value is -1.64. The lowest BCUT2D eigenvalue weighted by atomic mass is 9.43. The van der Waals surface area contributed by atoms with E-state index in [1.54, 1.807) is 5.57 Å². The first kappa shape index (κ1) is 19.1. The number of hydrogen-bond acceptors (Lipinski definition) is 3. The van der Waals surface area contributed by atoms with E-state index >= 15 is 0 Å². The third-order valence-electron chi connectivity index (χ3n) is 10.5. The van der Waals surface area contributed by atoms with Crippen LogP contribution in [0.5, 0.6) is 0 Å². The van der Waals surface area contributed by atoms with Gasteiger partial charge in [-0.15, -0.1) is 0 Å². The van der Waals surface area contributed by atoms with Crippen LogP contribution in [0.4, 0.5) is 0 Å². The molecule has 30 heavy (non-hydrogen) atoms. The molecule has 7 atom stereocenters. The van der Waals surface area contributed by atoms with Gasteiger partial charge in [0.25, 0.3) is 0 Å². The molecule has 1 aromatic heterocycles. The zero-order chi connectivity index (χ0) is 20.6. The van der Waals surface area contributed by atoms with Gasteiger partial charge in [-0.3, -0.25) is 9.78 Å². The molecule has 5 unspecified atom stereocenters. The van der Waals surface area contributed by atoms with Gasteiger partial charge < -0.3 is 4.74 Å². The number of hydrogen-bond donors (Lipinski definition) is 0. The molecular weight excluding hydrogens is 370 g/mol. The molecule has 6 rings (SSSR count). The van der Waals surface area contributed by atoms with Crippen molar-refractivity contribution in [2.75, 3.05) is 0 Å². The molecule has 1 aliphatic heterocycles. The van der Waals surface area contributed by atoms with Crippen LogP contribution in [0.3, 0.4) is 0 Å². The van der Waals surface area contributed by atoms with E-state index in [9.17, 15) is 4.79 Å². The third-order valence-corrected chi connectivity index (χ3v) is 10.5. The van der Waals surface area contributed by atoms with E-state index in [4.69, 9.17) is 4.74 Å². The van der Waals surface area contributed by atoms with Crippen molar-refractivity contribution in [2.24, 2.45) is 34.5 Å². The van der Waals surface area contributed by atoms with Gasteiger partial charge in [0, 0.05) is 18.8 Å². The van der Waals surface area contributed by atoms with E-state index in [0.29, 0.717) is 17.3 Å². The Labute approximate surface area is 180 Å². The normalized spacial score (nSPS) is 47.3. The fraction of sp³-hybridized carbons (Fsp3) is 0.704. The summed E-state index contributed by atoms with van der Waals surface area (Å²) >= 11 is 0. The largest absolute Gasteiger partial charge is 0.459 e. The number of aromatic nitrogens is 1. The molecule has 4 aliphatic carbocycles. The number of ether oxygens (including phenoxy) is 1. The van der Waals surface area contributed by atoms with Crippen molar-refractivity contribution >= 4 is 11.5 Å². The summed E-state index contributed by atoms with van der Waals surface area (Å²) in [6.45, 7) is 5.15. The van der Waals surface area contributed by atoms with Gasteiger partial charge in [-0.1, -0.05) is 26.0 Å². The Morgan fingerprint density at radius 3 is 2.73 bits per heavy atom. The maximum absolute atomic E-state index is 11.9. The number of carbonyl (C=O) groups excluding carboxylic acids is 1. The lowest BCUT2D eigenvalue weighted by Crippen LogP contribution is -2.55. The van der Waals surface area contributed by atoms with E-state index in [2.05, 4.69) is 43.2 Å². The van der Waals surface area contributed by atoms with Crippen molar-refractivity contribution in [3.63, 3.8) is 0 Å². The Morgan fingerprint density at radius 2 is 1.97 bits per heavy atom. The lowest BCUT2D eigenvalue weighted by Gasteiger charge is -2.62. The maximum atomic E-state index is 11.9. The first-order chi connectivity index (χ1) is 14.4. The van der Waals surface area contributed by atoms with Gasteiger partial charge in [0.05, 0.1) is 0 Å². The Balaban J connectivity index is 1.26. The van der Waals surface area contributed by atoms with Crippen LogP contribution in [0.25, 0.3) is 5.57 Å². The molecule has 0 aromatic carbocycles. The minimum Gasteiger partial charge on any atom is -0.459 e. The monoisotopic (exact) mass is 405 g/mol. The van der Waals surface area contributed by atoms with E-state index in [1.165, 1.54) is 44.1 Å².